The average molecular weight is 420 g/mol. The van der Waals surface area contributed by atoms with Crippen molar-refractivity contribution in [1.29, 1.82) is 0 Å². The Labute approximate surface area is 174 Å². The van der Waals surface area contributed by atoms with E-state index >= 15 is 0 Å². The first kappa shape index (κ1) is 19.6. The zero-order chi connectivity index (χ0) is 20.1. The maximum Gasteiger partial charge on any atom is 0.233 e. The van der Waals surface area contributed by atoms with Crippen molar-refractivity contribution >= 4 is 29.3 Å². The Morgan fingerprint density at radius 3 is 2.79 bits per heavy atom. The van der Waals surface area contributed by atoms with Crippen molar-refractivity contribution < 1.29 is 4.79 Å². The first-order valence-corrected chi connectivity index (χ1v) is 10.9. The average Bonchev–Trinajstić information content (AvgIpc) is 3.09. The van der Waals surface area contributed by atoms with Crippen LogP contribution in [0.5, 0.6) is 0 Å². The number of carbonyl (C=O) groups excluding carboxylic acids is 1. The molecule has 2 bridgehead atoms. The third-order valence-corrected chi connectivity index (χ3v) is 7.10. The second-order valence-electron chi connectivity index (χ2n) is 9.18. The molecular weight excluding hydrogens is 394 g/mol. The number of fused-ring (bicyclic) bond motifs is 2. The molecule has 4 rings (SSSR count). The van der Waals surface area contributed by atoms with Crippen LogP contribution in [0, 0.1) is 10.8 Å². The monoisotopic (exact) mass is 419 g/mol. The number of rotatable bonds is 4. The highest BCUT2D eigenvalue weighted by Gasteiger charge is 2.50. The number of thioether (sulfide) groups is 1. The number of nitrogens with zero attached hydrogens (tertiary/aromatic N) is 4. The number of hydrogen-bond donors (Lipinski definition) is 1. The van der Waals surface area contributed by atoms with Crippen LogP contribution in [0.2, 0.25) is 5.02 Å². The van der Waals surface area contributed by atoms with E-state index in [1.165, 1.54) is 22.9 Å². The number of aromatic nitrogens is 3. The molecule has 8 heteroatoms. The molecule has 0 unspecified atom stereocenters. The van der Waals surface area contributed by atoms with Gasteiger partial charge in [0.1, 0.15) is 0 Å². The fraction of sp³-hybridized carbons (Fsp3) is 0.550. The predicted molar refractivity (Wildman–Crippen MR) is 113 cm³/mol. The van der Waals surface area contributed by atoms with Crippen molar-refractivity contribution in [1.82, 2.24) is 19.8 Å². The van der Waals surface area contributed by atoms with Crippen molar-refractivity contribution in [2.45, 2.75) is 51.2 Å². The molecule has 1 saturated heterocycles. The van der Waals surface area contributed by atoms with Crippen molar-refractivity contribution in [2.75, 3.05) is 18.1 Å². The van der Waals surface area contributed by atoms with Gasteiger partial charge in [0, 0.05) is 18.2 Å². The Kier molecular flexibility index (Phi) is 4.86. The minimum absolute atomic E-state index is 0.152. The maximum absolute atomic E-state index is 12.9. The molecule has 0 spiro atoms. The molecule has 6 nitrogen and oxygen atoms in total. The van der Waals surface area contributed by atoms with E-state index in [4.69, 9.17) is 17.4 Å². The van der Waals surface area contributed by atoms with E-state index in [0.29, 0.717) is 33.2 Å². The molecule has 1 aliphatic carbocycles. The van der Waals surface area contributed by atoms with E-state index in [-0.39, 0.29) is 11.3 Å². The van der Waals surface area contributed by atoms with E-state index in [1.54, 1.807) is 6.07 Å². The van der Waals surface area contributed by atoms with Crippen LogP contribution in [0.15, 0.2) is 29.4 Å². The van der Waals surface area contributed by atoms with Gasteiger partial charge in [0.05, 0.1) is 10.8 Å². The summed E-state index contributed by atoms with van der Waals surface area (Å²) in [4.78, 5) is 15.0. The van der Waals surface area contributed by atoms with E-state index < -0.39 is 0 Å². The fourth-order valence-electron chi connectivity index (χ4n) is 5.16. The van der Waals surface area contributed by atoms with Gasteiger partial charge in [-0.05, 0) is 42.2 Å². The molecule has 2 N–H and O–H groups in total. The van der Waals surface area contributed by atoms with Gasteiger partial charge in [-0.3, -0.25) is 4.79 Å². The van der Waals surface area contributed by atoms with E-state index in [0.717, 1.165) is 24.9 Å². The van der Waals surface area contributed by atoms with Gasteiger partial charge in [-0.25, -0.2) is 4.68 Å². The highest BCUT2D eigenvalue weighted by Crippen LogP contribution is 2.52. The van der Waals surface area contributed by atoms with Gasteiger partial charge in [0.15, 0.2) is 5.82 Å². The van der Waals surface area contributed by atoms with Gasteiger partial charge in [-0.2, -0.15) is 0 Å². The van der Waals surface area contributed by atoms with Crippen molar-refractivity contribution in [2.24, 2.45) is 10.8 Å². The van der Waals surface area contributed by atoms with Crippen LogP contribution in [0.1, 0.15) is 40.0 Å². The molecule has 1 aromatic carbocycles. The second-order valence-corrected chi connectivity index (χ2v) is 10.5. The molecular formula is C20H26ClN5OS. The highest BCUT2D eigenvalue weighted by atomic mass is 35.5. The number of halogens is 1. The lowest BCUT2D eigenvalue weighted by molar-refractivity contribution is -0.129. The van der Waals surface area contributed by atoms with Crippen molar-refractivity contribution in [3.8, 4) is 11.4 Å². The molecule has 1 amide bonds. The summed E-state index contributed by atoms with van der Waals surface area (Å²) < 4.78 is 1.41. The summed E-state index contributed by atoms with van der Waals surface area (Å²) in [5, 5.41) is 9.40. The number of hydrogen-bond acceptors (Lipinski definition) is 5. The van der Waals surface area contributed by atoms with Gasteiger partial charge in [0.25, 0.3) is 0 Å². The van der Waals surface area contributed by atoms with E-state index in [9.17, 15) is 4.79 Å². The SMILES string of the molecule is CC1(C)C[C@@H]2C[C@@](C)(CN2C(=O)CSc2nnc(-c3ccccc3Cl)n2N)C1. The number of amides is 1. The Bertz CT molecular complexity index is 914. The van der Waals surface area contributed by atoms with Gasteiger partial charge in [0.2, 0.25) is 11.1 Å². The van der Waals surface area contributed by atoms with Gasteiger partial charge in [-0.1, -0.05) is 56.3 Å². The van der Waals surface area contributed by atoms with Crippen LogP contribution in [-0.2, 0) is 4.79 Å². The molecule has 1 saturated carbocycles. The molecule has 2 aliphatic rings. The Hall–Kier alpha value is -1.73. The van der Waals surface area contributed by atoms with E-state index in [2.05, 4.69) is 35.9 Å². The van der Waals surface area contributed by atoms with E-state index in [1.807, 2.05) is 18.2 Å². The molecule has 2 atom stereocenters. The first-order valence-electron chi connectivity index (χ1n) is 9.55. The summed E-state index contributed by atoms with van der Waals surface area (Å²) in [7, 11) is 0. The zero-order valence-electron chi connectivity index (χ0n) is 16.5. The molecule has 1 aromatic heterocycles. The molecule has 2 heterocycles. The summed E-state index contributed by atoms with van der Waals surface area (Å²) >= 11 is 7.56. The third-order valence-electron chi connectivity index (χ3n) is 5.84. The maximum atomic E-state index is 12.9. The summed E-state index contributed by atoms with van der Waals surface area (Å²) in [5.74, 6) is 7.13. The Balaban J connectivity index is 1.45. The Morgan fingerprint density at radius 2 is 2.04 bits per heavy atom. The quantitative estimate of drug-likeness (QED) is 0.601. The zero-order valence-corrected chi connectivity index (χ0v) is 18.1. The first-order chi connectivity index (χ1) is 13.2. The van der Waals surface area contributed by atoms with Crippen LogP contribution < -0.4 is 5.84 Å². The topological polar surface area (TPSA) is 77.0 Å². The standard InChI is InChI=1S/C20H26ClN5OS/c1-19(2)8-13-9-20(3,11-19)12-25(13)16(27)10-28-18-24-23-17(26(18)22)14-6-4-5-7-15(14)21/h4-7,13H,8-12,22H2,1-3H3/t13-,20-/m1/s1. The number of nitrogen functional groups attached to an aromatic ring is 1. The van der Waals surface area contributed by atoms with Crippen molar-refractivity contribution in [3.63, 3.8) is 0 Å². The molecule has 2 aromatic rings. The lowest BCUT2D eigenvalue weighted by Gasteiger charge is -2.39. The van der Waals surface area contributed by atoms with Crippen LogP contribution in [0.3, 0.4) is 0 Å². The number of carbonyl (C=O) groups is 1. The minimum atomic E-state index is 0.152. The van der Waals surface area contributed by atoms with Gasteiger partial charge in [-0.15, -0.1) is 10.2 Å². The number of benzene rings is 1. The largest absolute Gasteiger partial charge is 0.338 e. The number of likely N-dealkylation sites (tertiary alicyclic amines) is 1. The summed E-state index contributed by atoms with van der Waals surface area (Å²) in [6.07, 6.45) is 3.35. The molecule has 0 radical (unpaired) electrons. The molecule has 28 heavy (non-hydrogen) atoms. The third kappa shape index (κ3) is 3.62. The lowest BCUT2D eigenvalue weighted by atomic mass is 9.65. The fourth-order valence-corrected chi connectivity index (χ4v) is 6.13. The molecule has 2 fully saturated rings. The predicted octanol–water partition coefficient (Wildman–Crippen LogP) is 3.83. The highest BCUT2D eigenvalue weighted by molar-refractivity contribution is 7.99. The normalized spacial score (nSPS) is 25.9. The van der Waals surface area contributed by atoms with Crippen LogP contribution in [0.4, 0.5) is 0 Å². The molecule has 1 aliphatic heterocycles. The van der Waals surface area contributed by atoms with Gasteiger partial charge >= 0.3 is 0 Å². The van der Waals surface area contributed by atoms with Crippen LogP contribution >= 0.6 is 23.4 Å². The summed E-state index contributed by atoms with van der Waals surface area (Å²) in [6, 6.07) is 7.71. The summed E-state index contributed by atoms with van der Waals surface area (Å²) in [5.41, 5.74) is 1.25. The summed E-state index contributed by atoms with van der Waals surface area (Å²) in [6.45, 7) is 7.79. The van der Waals surface area contributed by atoms with Crippen LogP contribution in [0.25, 0.3) is 11.4 Å². The second kappa shape index (κ2) is 6.95. The lowest BCUT2D eigenvalue weighted by Crippen LogP contribution is -2.38. The smallest absolute Gasteiger partial charge is 0.233 e. The number of nitrogens with two attached hydrogens (primary N) is 1. The van der Waals surface area contributed by atoms with Crippen molar-refractivity contribution in [3.05, 3.63) is 29.3 Å². The Morgan fingerprint density at radius 1 is 1.29 bits per heavy atom. The molecule has 150 valence electrons. The van der Waals surface area contributed by atoms with Crippen LogP contribution in [-0.4, -0.2) is 44.0 Å². The minimum Gasteiger partial charge on any atom is -0.338 e. The van der Waals surface area contributed by atoms with Gasteiger partial charge < -0.3 is 10.7 Å².